The molecule has 3 rings (SSSR count). The molecule has 0 bridgehead atoms. The van der Waals surface area contributed by atoms with Gasteiger partial charge in [-0.2, -0.15) is 0 Å². The molecule has 0 aliphatic carbocycles. The SMILES string of the molecule is C/C(=C\c1cccc(S(=O)(=O)NC(C)C)c1)[C@H]1OC(=O)C[C@@H](O)CC[C@@H](C)[C@@H](OC(=O)N2CCN(C)CC2)/C=C/[C@@H]1C. The van der Waals surface area contributed by atoms with E-state index in [1.165, 1.54) is 6.07 Å². The Morgan fingerprint density at radius 1 is 1.14 bits per heavy atom. The van der Waals surface area contributed by atoms with Crippen molar-refractivity contribution in [3.8, 4) is 0 Å². The molecule has 2 aliphatic heterocycles. The molecule has 11 heteroatoms. The van der Waals surface area contributed by atoms with Crippen molar-refractivity contribution in [2.45, 2.75) is 83.1 Å². The monoisotopic (exact) mass is 605 g/mol. The molecule has 1 fully saturated rings. The van der Waals surface area contributed by atoms with Crippen LogP contribution < -0.4 is 4.72 Å². The second-order valence-electron chi connectivity index (χ2n) is 11.9. The lowest BCUT2D eigenvalue weighted by molar-refractivity contribution is -0.151. The van der Waals surface area contributed by atoms with E-state index in [0.717, 1.165) is 13.1 Å². The zero-order valence-corrected chi connectivity index (χ0v) is 26.5. The molecule has 234 valence electrons. The summed E-state index contributed by atoms with van der Waals surface area (Å²) in [6, 6.07) is 6.31. The van der Waals surface area contributed by atoms with Gasteiger partial charge < -0.3 is 24.4 Å². The van der Waals surface area contributed by atoms with Crippen LogP contribution in [-0.2, 0) is 24.3 Å². The molecule has 0 radical (unpaired) electrons. The summed E-state index contributed by atoms with van der Waals surface area (Å²) in [5, 5.41) is 10.6. The van der Waals surface area contributed by atoms with Gasteiger partial charge in [-0.25, -0.2) is 17.9 Å². The average Bonchev–Trinajstić information content (AvgIpc) is 2.91. The third-order valence-electron chi connectivity index (χ3n) is 7.66. The Kier molecular flexibility index (Phi) is 12.2. The number of hydrogen-bond donors (Lipinski definition) is 2. The first kappa shape index (κ1) is 33.8. The summed E-state index contributed by atoms with van der Waals surface area (Å²) in [5.74, 6) is -0.883. The highest BCUT2D eigenvalue weighted by atomic mass is 32.2. The highest BCUT2D eigenvalue weighted by Gasteiger charge is 2.29. The summed E-state index contributed by atoms with van der Waals surface area (Å²) in [7, 11) is -1.66. The van der Waals surface area contributed by atoms with Crippen LogP contribution in [0.2, 0.25) is 0 Å². The summed E-state index contributed by atoms with van der Waals surface area (Å²) in [6.07, 6.45) is 3.92. The van der Waals surface area contributed by atoms with E-state index in [0.29, 0.717) is 37.1 Å². The first-order valence-corrected chi connectivity index (χ1v) is 16.2. The number of nitrogens with zero attached hydrogens (tertiary/aromatic N) is 2. The molecule has 1 aromatic rings. The zero-order valence-electron chi connectivity index (χ0n) is 25.7. The Bertz CT molecular complexity index is 1240. The Morgan fingerprint density at radius 3 is 2.50 bits per heavy atom. The number of benzene rings is 1. The molecule has 0 unspecified atom stereocenters. The third kappa shape index (κ3) is 9.93. The molecule has 0 spiro atoms. The number of aliphatic hydroxyl groups is 1. The Hall–Kier alpha value is -2.73. The van der Waals surface area contributed by atoms with E-state index in [2.05, 4.69) is 9.62 Å². The maximum atomic E-state index is 13.0. The predicted molar refractivity (Wildman–Crippen MR) is 162 cm³/mol. The zero-order chi connectivity index (χ0) is 31.0. The van der Waals surface area contributed by atoms with Gasteiger partial charge in [0, 0.05) is 38.1 Å². The normalized spacial score (nSPS) is 28.0. The number of piperazine rings is 1. The molecular weight excluding hydrogens is 558 g/mol. The number of aliphatic hydroxyl groups excluding tert-OH is 1. The minimum Gasteiger partial charge on any atom is -0.457 e. The van der Waals surface area contributed by atoms with Crippen molar-refractivity contribution in [1.82, 2.24) is 14.5 Å². The maximum Gasteiger partial charge on any atom is 0.410 e. The maximum absolute atomic E-state index is 13.0. The summed E-state index contributed by atoms with van der Waals surface area (Å²) in [5.41, 5.74) is 1.35. The Balaban J connectivity index is 1.87. The number of esters is 1. The fourth-order valence-corrected chi connectivity index (χ4v) is 6.43. The predicted octanol–water partition coefficient (Wildman–Crippen LogP) is 3.81. The number of carbonyl (C=O) groups is 2. The van der Waals surface area contributed by atoms with Gasteiger partial charge in [0.2, 0.25) is 10.0 Å². The summed E-state index contributed by atoms with van der Waals surface area (Å²) in [4.78, 5) is 29.8. The van der Waals surface area contributed by atoms with E-state index in [1.54, 1.807) is 43.0 Å². The molecule has 2 heterocycles. The summed E-state index contributed by atoms with van der Waals surface area (Å²) < 4.78 is 39.8. The molecule has 0 saturated carbocycles. The lowest BCUT2D eigenvalue weighted by Gasteiger charge is -2.33. The molecule has 10 nitrogen and oxygen atoms in total. The van der Waals surface area contributed by atoms with Crippen LogP contribution in [0.1, 0.15) is 59.4 Å². The van der Waals surface area contributed by atoms with Crippen molar-refractivity contribution in [3.63, 3.8) is 0 Å². The molecule has 2 N–H and O–H groups in total. The van der Waals surface area contributed by atoms with Gasteiger partial charge in [0.05, 0.1) is 17.4 Å². The van der Waals surface area contributed by atoms with Crippen molar-refractivity contribution in [1.29, 1.82) is 0 Å². The van der Waals surface area contributed by atoms with E-state index in [1.807, 2.05) is 40.0 Å². The minimum absolute atomic E-state index is 0.0748. The number of cyclic esters (lactones) is 1. The third-order valence-corrected chi connectivity index (χ3v) is 9.32. The lowest BCUT2D eigenvalue weighted by atomic mass is 9.91. The quantitative estimate of drug-likeness (QED) is 0.371. The van der Waals surface area contributed by atoms with Gasteiger partial charge in [-0.05, 0) is 75.9 Å². The molecule has 1 saturated heterocycles. The molecule has 1 amide bonds. The molecule has 0 aromatic heterocycles. The number of ether oxygens (including phenoxy) is 2. The lowest BCUT2D eigenvalue weighted by Crippen LogP contribution is -2.48. The van der Waals surface area contributed by atoms with Crippen LogP contribution in [0, 0.1) is 11.8 Å². The average molecular weight is 606 g/mol. The molecule has 5 atom stereocenters. The number of sulfonamides is 1. The number of carbonyl (C=O) groups excluding carboxylic acids is 2. The summed E-state index contributed by atoms with van der Waals surface area (Å²) >= 11 is 0. The van der Waals surface area contributed by atoms with E-state index >= 15 is 0 Å². The van der Waals surface area contributed by atoms with Crippen molar-refractivity contribution >= 4 is 28.2 Å². The van der Waals surface area contributed by atoms with Crippen molar-refractivity contribution < 1.29 is 32.6 Å². The van der Waals surface area contributed by atoms with Crippen molar-refractivity contribution in [3.05, 3.63) is 47.6 Å². The second-order valence-corrected chi connectivity index (χ2v) is 13.7. The number of hydrogen-bond acceptors (Lipinski definition) is 8. The largest absolute Gasteiger partial charge is 0.457 e. The van der Waals surface area contributed by atoms with Gasteiger partial charge in [0.1, 0.15) is 12.2 Å². The van der Waals surface area contributed by atoms with Crippen LogP contribution in [0.4, 0.5) is 4.79 Å². The van der Waals surface area contributed by atoms with Gasteiger partial charge in [-0.3, -0.25) is 4.79 Å². The Labute approximate surface area is 250 Å². The molecule has 1 aromatic carbocycles. The number of likely N-dealkylation sites (N-methyl/N-ethyl adjacent to an activating group) is 1. The fourth-order valence-electron chi connectivity index (χ4n) is 5.12. The van der Waals surface area contributed by atoms with Crippen LogP contribution in [-0.4, -0.2) is 93.0 Å². The van der Waals surface area contributed by atoms with Crippen LogP contribution in [0.25, 0.3) is 6.08 Å². The van der Waals surface area contributed by atoms with Crippen molar-refractivity contribution in [2.75, 3.05) is 33.2 Å². The Morgan fingerprint density at radius 2 is 1.83 bits per heavy atom. The highest BCUT2D eigenvalue weighted by Crippen LogP contribution is 2.26. The standard InChI is InChI=1S/C31H47N3O7S/c1-21(2)32-42(38,39)27-9-7-8-25(19-27)18-24(5)30-23(4)11-13-28(22(3)10-12-26(35)20-29(36)41-30)40-31(37)34-16-14-33(6)15-17-34/h7-9,11,13,18-19,21-23,26,28,30,32,35H,10,12,14-17,20H2,1-6H3/b13-11+,24-18+/t22-,23+,26+,28+,30+/m1/s1. The van der Waals surface area contributed by atoms with E-state index in [9.17, 15) is 23.1 Å². The molecule has 42 heavy (non-hydrogen) atoms. The first-order chi connectivity index (χ1) is 19.7. The van der Waals surface area contributed by atoms with Crippen molar-refractivity contribution in [2.24, 2.45) is 11.8 Å². The number of amides is 1. The highest BCUT2D eigenvalue weighted by molar-refractivity contribution is 7.89. The van der Waals surface area contributed by atoms with Crippen LogP contribution >= 0.6 is 0 Å². The molecule has 2 aliphatic rings. The first-order valence-electron chi connectivity index (χ1n) is 14.8. The smallest absolute Gasteiger partial charge is 0.410 e. The van der Waals surface area contributed by atoms with Gasteiger partial charge in [0.15, 0.2) is 0 Å². The minimum atomic E-state index is -3.68. The van der Waals surface area contributed by atoms with E-state index in [4.69, 9.17) is 9.47 Å². The topological polar surface area (TPSA) is 125 Å². The van der Waals surface area contributed by atoms with Gasteiger partial charge in [-0.1, -0.05) is 38.1 Å². The fraction of sp³-hybridized carbons (Fsp3) is 0.613. The summed E-state index contributed by atoms with van der Waals surface area (Å²) in [6.45, 7) is 12.0. The van der Waals surface area contributed by atoms with Crippen LogP contribution in [0.5, 0.6) is 0 Å². The molecular formula is C31H47N3O7S. The van der Waals surface area contributed by atoms with E-state index in [-0.39, 0.29) is 35.3 Å². The van der Waals surface area contributed by atoms with Gasteiger partial charge in [0.25, 0.3) is 0 Å². The number of rotatable bonds is 6. The number of nitrogens with one attached hydrogen (secondary N) is 1. The second kappa shape index (κ2) is 15.1. The van der Waals surface area contributed by atoms with E-state index < -0.39 is 34.3 Å². The van der Waals surface area contributed by atoms with Crippen LogP contribution in [0.15, 0.2) is 46.9 Å². The van der Waals surface area contributed by atoms with Crippen LogP contribution in [0.3, 0.4) is 0 Å². The van der Waals surface area contributed by atoms with Gasteiger partial charge in [-0.15, -0.1) is 0 Å². The van der Waals surface area contributed by atoms with Gasteiger partial charge >= 0.3 is 12.1 Å².